The van der Waals surface area contributed by atoms with E-state index < -0.39 is 0 Å². The van der Waals surface area contributed by atoms with Crippen LogP contribution in [0.1, 0.15) is 52.5 Å². The van der Waals surface area contributed by atoms with Crippen molar-refractivity contribution in [2.24, 2.45) is 0 Å². The summed E-state index contributed by atoms with van der Waals surface area (Å²) in [6, 6.07) is 6.96. The molecule has 0 saturated heterocycles. The van der Waals surface area contributed by atoms with Crippen molar-refractivity contribution in [3.8, 4) is 5.75 Å². The standard InChI is InChI=1S/C22H26N2O.ClH/c1-13-6-9-20(14(2)10-13)25-12-19-22-21(15(3)11-23-19)16(4)17(5)24(22)18-7-8-18;/h6,9-11,18H,7-8,12H2,1-5H3;1H. The second-order valence-electron chi connectivity index (χ2n) is 7.48. The molecule has 0 radical (unpaired) electrons. The lowest BCUT2D eigenvalue weighted by Gasteiger charge is -2.13. The minimum absolute atomic E-state index is 0. The SMILES string of the molecule is Cc1ccc(OCc2ncc(C)c3c(C)c(C)n(C4CC4)c23)c(C)c1.Cl. The number of aromatic nitrogens is 2. The van der Waals surface area contributed by atoms with Gasteiger partial charge in [-0.2, -0.15) is 0 Å². The molecule has 1 aliphatic carbocycles. The van der Waals surface area contributed by atoms with Gasteiger partial charge < -0.3 is 9.30 Å². The van der Waals surface area contributed by atoms with Gasteiger partial charge in [0.25, 0.3) is 0 Å². The number of halogens is 1. The highest BCUT2D eigenvalue weighted by Gasteiger charge is 2.29. The van der Waals surface area contributed by atoms with E-state index in [1.807, 2.05) is 6.20 Å². The van der Waals surface area contributed by atoms with Crippen molar-refractivity contribution < 1.29 is 4.74 Å². The smallest absolute Gasteiger partial charge is 0.132 e. The van der Waals surface area contributed by atoms with E-state index in [9.17, 15) is 0 Å². The van der Waals surface area contributed by atoms with Gasteiger partial charge in [-0.25, -0.2) is 0 Å². The topological polar surface area (TPSA) is 27.1 Å². The molecule has 138 valence electrons. The number of fused-ring (bicyclic) bond motifs is 1. The molecule has 0 aliphatic heterocycles. The normalized spacial score (nSPS) is 13.7. The molecule has 0 bridgehead atoms. The van der Waals surface area contributed by atoms with E-state index >= 15 is 0 Å². The molecule has 3 aromatic rings. The summed E-state index contributed by atoms with van der Waals surface area (Å²) in [6.07, 6.45) is 4.54. The zero-order chi connectivity index (χ0) is 17.7. The molecule has 1 saturated carbocycles. The van der Waals surface area contributed by atoms with Gasteiger partial charge in [0, 0.05) is 23.3 Å². The second-order valence-corrected chi connectivity index (χ2v) is 7.48. The summed E-state index contributed by atoms with van der Waals surface area (Å²) < 4.78 is 8.66. The molecule has 3 nitrogen and oxygen atoms in total. The van der Waals surface area contributed by atoms with Crippen LogP contribution in [0, 0.1) is 34.6 Å². The summed E-state index contributed by atoms with van der Waals surface area (Å²) >= 11 is 0. The van der Waals surface area contributed by atoms with Gasteiger partial charge in [-0.15, -0.1) is 12.4 Å². The zero-order valence-electron chi connectivity index (χ0n) is 16.2. The summed E-state index contributed by atoms with van der Waals surface area (Å²) in [5.74, 6) is 0.944. The Balaban J connectivity index is 0.00000196. The van der Waals surface area contributed by atoms with Gasteiger partial charge >= 0.3 is 0 Å². The minimum atomic E-state index is 0. The maximum Gasteiger partial charge on any atom is 0.132 e. The van der Waals surface area contributed by atoms with E-state index in [4.69, 9.17) is 9.72 Å². The number of rotatable bonds is 4. The summed E-state index contributed by atoms with van der Waals surface area (Å²) in [5.41, 5.74) is 8.77. The Morgan fingerprint density at radius 3 is 2.46 bits per heavy atom. The minimum Gasteiger partial charge on any atom is -0.487 e. The van der Waals surface area contributed by atoms with Crippen molar-refractivity contribution in [2.45, 2.75) is 60.1 Å². The van der Waals surface area contributed by atoms with Crippen molar-refractivity contribution in [3.05, 3.63) is 58.0 Å². The van der Waals surface area contributed by atoms with Crippen LogP contribution >= 0.6 is 12.4 Å². The number of hydrogen-bond donors (Lipinski definition) is 0. The maximum atomic E-state index is 6.15. The van der Waals surface area contributed by atoms with Crippen LogP contribution in [0.2, 0.25) is 0 Å². The largest absolute Gasteiger partial charge is 0.487 e. The molecule has 0 unspecified atom stereocenters. The van der Waals surface area contributed by atoms with Crippen molar-refractivity contribution in [1.82, 2.24) is 9.55 Å². The molecule has 0 spiro atoms. The number of nitrogens with zero attached hydrogens (tertiary/aromatic N) is 2. The molecule has 2 heterocycles. The number of aryl methyl sites for hydroxylation is 4. The average Bonchev–Trinajstić information content (AvgIpc) is 3.36. The quantitative estimate of drug-likeness (QED) is 0.570. The van der Waals surface area contributed by atoms with Crippen LogP contribution in [-0.2, 0) is 6.61 Å². The van der Waals surface area contributed by atoms with Gasteiger partial charge in [-0.1, -0.05) is 17.7 Å². The first-order valence-electron chi connectivity index (χ1n) is 9.13. The number of benzene rings is 1. The van der Waals surface area contributed by atoms with Crippen LogP contribution in [0.15, 0.2) is 24.4 Å². The average molecular weight is 371 g/mol. The van der Waals surface area contributed by atoms with E-state index in [-0.39, 0.29) is 12.4 Å². The van der Waals surface area contributed by atoms with E-state index in [0.29, 0.717) is 12.6 Å². The van der Waals surface area contributed by atoms with Gasteiger partial charge in [-0.3, -0.25) is 4.98 Å². The molecule has 4 heteroatoms. The predicted octanol–water partition coefficient (Wildman–Crippen LogP) is 5.91. The fourth-order valence-corrected chi connectivity index (χ4v) is 3.90. The Morgan fingerprint density at radius 1 is 1.08 bits per heavy atom. The molecule has 1 fully saturated rings. The summed E-state index contributed by atoms with van der Waals surface area (Å²) in [5, 5.41) is 1.36. The Hall–Kier alpha value is -2.00. The maximum absolute atomic E-state index is 6.15. The molecule has 0 atom stereocenters. The van der Waals surface area contributed by atoms with Gasteiger partial charge in [0.05, 0.1) is 5.52 Å². The molecule has 0 N–H and O–H groups in total. The van der Waals surface area contributed by atoms with Crippen LogP contribution in [0.5, 0.6) is 5.75 Å². The van der Waals surface area contributed by atoms with E-state index in [1.54, 1.807) is 0 Å². The third-order valence-corrected chi connectivity index (χ3v) is 5.45. The van der Waals surface area contributed by atoms with Crippen molar-refractivity contribution >= 4 is 23.3 Å². The number of hydrogen-bond acceptors (Lipinski definition) is 2. The van der Waals surface area contributed by atoms with E-state index in [2.05, 4.69) is 57.4 Å². The van der Waals surface area contributed by atoms with Crippen molar-refractivity contribution in [3.63, 3.8) is 0 Å². The van der Waals surface area contributed by atoms with Gasteiger partial charge in [-0.05, 0) is 70.2 Å². The van der Waals surface area contributed by atoms with Crippen LogP contribution in [-0.4, -0.2) is 9.55 Å². The van der Waals surface area contributed by atoms with Crippen LogP contribution in [0.4, 0.5) is 0 Å². The second kappa shape index (κ2) is 6.96. The number of pyridine rings is 1. The third kappa shape index (κ3) is 3.09. The molecule has 4 rings (SSSR count). The van der Waals surface area contributed by atoms with Gasteiger partial charge in [0.2, 0.25) is 0 Å². The Kier molecular flexibility index (Phi) is 5.03. The summed E-state index contributed by atoms with van der Waals surface area (Å²) in [6.45, 7) is 11.3. The van der Waals surface area contributed by atoms with Crippen LogP contribution < -0.4 is 4.74 Å². The molecule has 0 amide bonds. The summed E-state index contributed by atoms with van der Waals surface area (Å²) in [7, 11) is 0. The fourth-order valence-electron chi connectivity index (χ4n) is 3.90. The molecular weight excluding hydrogens is 344 g/mol. The first-order chi connectivity index (χ1) is 12.0. The van der Waals surface area contributed by atoms with Crippen LogP contribution in [0.3, 0.4) is 0 Å². The molecule has 2 aromatic heterocycles. The highest BCUT2D eigenvalue weighted by Crippen LogP contribution is 2.42. The van der Waals surface area contributed by atoms with Gasteiger partial charge in [0.15, 0.2) is 0 Å². The molecule has 26 heavy (non-hydrogen) atoms. The Bertz CT molecular complexity index is 970. The first kappa shape index (κ1) is 18.8. The highest BCUT2D eigenvalue weighted by atomic mass is 35.5. The predicted molar refractivity (Wildman–Crippen MR) is 110 cm³/mol. The lowest BCUT2D eigenvalue weighted by atomic mass is 10.1. The third-order valence-electron chi connectivity index (χ3n) is 5.45. The van der Waals surface area contributed by atoms with Crippen molar-refractivity contribution in [2.75, 3.05) is 0 Å². The molecular formula is C22H27ClN2O. The Morgan fingerprint density at radius 2 is 1.81 bits per heavy atom. The lowest BCUT2D eigenvalue weighted by molar-refractivity contribution is 0.300. The van der Waals surface area contributed by atoms with Crippen molar-refractivity contribution in [1.29, 1.82) is 0 Å². The summed E-state index contributed by atoms with van der Waals surface area (Å²) in [4.78, 5) is 4.75. The monoisotopic (exact) mass is 370 g/mol. The highest BCUT2D eigenvalue weighted by molar-refractivity contribution is 5.90. The number of ether oxygens (including phenoxy) is 1. The lowest BCUT2D eigenvalue weighted by Crippen LogP contribution is -2.05. The molecule has 1 aromatic carbocycles. The zero-order valence-corrected chi connectivity index (χ0v) is 17.0. The van der Waals surface area contributed by atoms with E-state index in [1.165, 1.54) is 51.7 Å². The van der Waals surface area contributed by atoms with Crippen LogP contribution in [0.25, 0.3) is 10.9 Å². The van der Waals surface area contributed by atoms with E-state index in [0.717, 1.165) is 11.4 Å². The Labute approximate surface area is 161 Å². The first-order valence-corrected chi connectivity index (χ1v) is 9.13. The fraction of sp³-hybridized carbons (Fsp3) is 0.409. The molecule has 1 aliphatic rings. The van der Waals surface area contributed by atoms with Gasteiger partial charge in [0.1, 0.15) is 18.1 Å².